The van der Waals surface area contributed by atoms with Crippen molar-refractivity contribution in [1.29, 1.82) is 0 Å². The Morgan fingerprint density at radius 2 is 2.24 bits per heavy atom. The predicted molar refractivity (Wildman–Crippen MR) is 69.5 cm³/mol. The van der Waals surface area contributed by atoms with Crippen LogP contribution < -0.4 is 11.2 Å². The van der Waals surface area contributed by atoms with Crippen LogP contribution in [0.25, 0.3) is 0 Å². The number of hydroxylamine groups is 1. The Morgan fingerprint density at radius 1 is 1.52 bits per heavy atom. The van der Waals surface area contributed by atoms with Gasteiger partial charge in [0.2, 0.25) is 0 Å². The Morgan fingerprint density at radius 3 is 2.86 bits per heavy atom. The van der Waals surface area contributed by atoms with Gasteiger partial charge in [0, 0.05) is 0 Å². The van der Waals surface area contributed by atoms with Gasteiger partial charge in [-0.2, -0.15) is 0 Å². The first-order valence-electron chi connectivity index (χ1n) is 6.25. The first-order chi connectivity index (χ1) is 9.85. The number of amidine groups is 1. The molecule has 0 radical (unpaired) electrons. The number of anilines is 1. The molecule has 0 spiro atoms. The molecule has 21 heavy (non-hydrogen) atoms. The summed E-state index contributed by atoms with van der Waals surface area (Å²) in [6.45, 7) is 0.599. The Kier molecular flexibility index (Phi) is 3.01. The highest BCUT2D eigenvalue weighted by Gasteiger charge is 2.48. The summed E-state index contributed by atoms with van der Waals surface area (Å²) in [5.74, 6) is -2.84. The van der Waals surface area contributed by atoms with Gasteiger partial charge in [-0.1, -0.05) is 6.07 Å². The maximum atomic E-state index is 12.7. The van der Waals surface area contributed by atoms with Crippen molar-refractivity contribution in [2.75, 3.05) is 18.8 Å². The summed E-state index contributed by atoms with van der Waals surface area (Å²) in [5.41, 5.74) is 9.40. The number of pyridine rings is 1. The Balaban J connectivity index is 1.72. The van der Waals surface area contributed by atoms with Crippen LogP contribution in [0.5, 0.6) is 0 Å². The van der Waals surface area contributed by atoms with Gasteiger partial charge >= 0.3 is 0 Å². The lowest BCUT2D eigenvalue weighted by Gasteiger charge is -2.38. The van der Waals surface area contributed by atoms with Crippen molar-refractivity contribution >= 4 is 17.6 Å². The molecular weight excluding hydrogens is 284 g/mol. The van der Waals surface area contributed by atoms with E-state index in [2.05, 4.69) is 15.5 Å². The zero-order valence-electron chi connectivity index (χ0n) is 11.1. The zero-order valence-corrected chi connectivity index (χ0v) is 11.1. The van der Waals surface area contributed by atoms with Crippen LogP contribution in [0.15, 0.2) is 17.1 Å². The number of nitrogen functional groups attached to an aromatic ring is 1. The van der Waals surface area contributed by atoms with E-state index < -0.39 is 31.1 Å². The molecule has 0 aromatic carbocycles. The van der Waals surface area contributed by atoms with E-state index >= 15 is 0 Å². The molecule has 1 atom stereocenters. The third-order valence-electron chi connectivity index (χ3n) is 3.26. The average Bonchev–Trinajstić information content (AvgIpc) is 2.88. The number of halogens is 2. The van der Waals surface area contributed by atoms with E-state index in [4.69, 9.17) is 10.6 Å². The monoisotopic (exact) mass is 297 g/mol. The summed E-state index contributed by atoms with van der Waals surface area (Å²) in [6, 6.07) is 3.43. The van der Waals surface area contributed by atoms with Crippen molar-refractivity contribution in [2.45, 2.75) is 19.1 Å². The van der Waals surface area contributed by atoms with E-state index in [1.807, 2.05) is 6.92 Å². The van der Waals surface area contributed by atoms with Crippen LogP contribution in [-0.4, -0.2) is 46.9 Å². The first kappa shape index (κ1) is 13.7. The normalized spacial score (nSPS) is 23.3. The summed E-state index contributed by atoms with van der Waals surface area (Å²) in [7, 11) is 0. The SMILES string of the molecule is Cc1ccc(C2=NC(C(=O)N3CC(F)(F)C3)ON2)nc1N. The van der Waals surface area contributed by atoms with Crippen molar-refractivity contribution in [3.8, 4) is 0 Å². The van der Waals surface area contributed by atoms with Gasteiger partial charge in [0.1, 0.15) is 11.5 Å². The van der Waals surface area contributed by atoms with Crippen molar-refractivity contribution in [2.24, 2.45) is 4.99 Å². The molecule has 3 rings (SSSR count). The number of nitrogens with one attached hydrogen (secondary N) is 1. The quantitative estimate of drug-likeness (QED) is 0.805. The number of amides is 1. The standard InChI is InChI=1S/C12H13F2N5O2/c1-6-2-3-7(16-8(6)15)9-17-10(21-18-9)11(20)19-4-12(13,14)5-19/h2-3,10H,4-5H2,1H3,(H2,15,16)(H,17,18). The van der Waals surface area contributed by atoms with Crippen LogP contribution in [0.2, 0.25) is 0 Å². The topological polar surface area (TPSA) is 92.8 Å². The number of carbonyl (C=O) groups is 1. The largest absolute Gasteiger partial charge is 0.383 e. The maximum Gasteiger partial charge on any atom is 0.282 e. The molecule has 0 aliphatic carbocycles. The highest BCUT2D eigenvalue weighted by molar-refractivity contribution is 5.99. The number of aryl methyl sites for hydroxylation is 1. The summed E-state index contributed by atoms with van der Waals surface area (Å²) < 4.78 is 25.5. The number of alkyl halides is 2. The minimum Gasteiger partial charge on any atom is -0.383 e. The molecule has 0 bridgehead atoms. The zero-order chi connectivity index (χ0) is 15.2. The van der Waals surface area contributed by atoms with E-state index in [0.29, 0.717) is 11.5 Å². The van der Waals surface area contributed by atoms with Gasteiger partial charge in [-0.3, -0.25) is 4.79 Å². The minimum atomic E-state index is -2.82. The molecule has 7 nitrogen and oxygen atoms in total. The Hall–Kier alpha value is -2.29. The number of aromatic nitrogens is 1. The molecule has 112 valence electrons. The number of aliphatic imine (C=N–C) groups is 1. The smallest absolute Gasteiger partial charge is 0.282 e. The molecule has 3 heterocycles. The molecule has 1 saturated heterocycles. The highest BCUT2D eigenvalue weighted by Crippen LogP contribution is 2.28. The number of nitrogens with zero attached hydrogens (tertiary/aromatic N) is 3. The number of nitrogens with two attached hydrogens (primary N) is 1. The van der Waals surface area contributed by atoms with E-state index in [0.717, 1.165) is 10.5 Å². The molecule has 9 heteroatoms. The summed E-state index contributed by atoms with van der Waals surface area (Å²) in [4.78, 5) is 26.0. The summed E-state index contributed by atoms with van der Waals surface area (Å²) in [6.07, 6.45) is -1.18. The number of hydrogen-bond donors (Lipinski definition) is 2. The molecule has 1 fully saturated rings. The lowest BCUT2D eigenvalue weighted by atomic mass is 10.1. The fourth-order valence-corrected chi connectivity index (χ4v) is 2.01. The fraction of sp³-hybridized carbons (Fsp3) is 0.417. The number of likely N-dealkylation sites (tertiary alicyclic amines) is 1. The van der Waals surface area contributed by atoms with Gasteiger partial charge in [0.25, 0.3) is 18.1 Å². The number of hydrogen-bond acceptors (Lipinski definition) is 6. The van der Waals surface area contributed by atoms with Crippen LogP contribution in [0, 0.1) is 6.92 Å². The van der Waals surface area contributed by atoms with Gasteiger partial charge in [-0.05, 0) is 18.6 Å². The molecule has 2 aliphatic heterocycles. The van der Waals surface area contributed by atoms with Crippen LogP contribution in [0.3, 0.4) is 0 Å². The minimum absolute atomic E-state index is 0.243. The van der Waals surface area contributed by atoms with Gasteiger partial charge in [-0.15, -0.1) is 0 Å². The number of rotatable bonds is 2. The summed E-state index contributed by atoms with van der Waals surface area (Å²) >= 11 is 0. The van der Waals surface area contributed by atoms with Crippen LogP contribution >= 0.6 is 0 Å². The molecule has 1 unspecified atom stereocenters. The molecule has 0 saturated carbocycles. The second-order valence-corrected chi connectivity index (χ2v) is 5.00. The van der Waals surface area contributed by atoms with Gasteiger partial charge in [0.05, 0.1) is 13.1 Å². The van der Waals surface area contributed by atoms with Crippen molar-refractivity contribution < 1.29 is 18.4 Å². The van der Waals surface area contributed by atoms with Crippen molar-refractivity contribution in [3.05, 3.63) is 23.4 Å². The molecule has 1 amide bonds. The van der Waals surface area contributed by atoms with Gasteiger partial charge in [0.15, 0.2) is 5.84 Å². The Labute approximate surface area is 118 Å². The summed E-state index contributed by atoms with van der Waals surface area (Å²) in [5, 5.41) is 0. The second kappa shape index (κ2) is 4.62. The lowest BCUT2D eigenvalue weighted by Crippen LogP contribution is -2.60. The fourth-order valence-electron chi connectivity index (χ4n) is 2.01. The third-order valence-corrected chi connectivity index (χ3v) is 3.26. The van der Waals surface area contributed by atoms with E-state index in [1.165, 1.54) is 0 Å². The predicted octanol–water partition coefficient (Wildman–Crippen LogP) is 0.0572. The first-order valence-corrected chi connectivity index (χ1v) is 6.25. The van der Waals surface area contributed by atoms with Crippen LogP contribution in [0.1, 0.15) is 11.3 Å². The second-order valence-electron chi connectivity index (χ2n) is 5.00. The van der Waals surface area contributed by atoms with E-state index in [9.17, 15) is 13.6 Å². The lowest BCUT2D eigenvalue weighted by molar-refractivity contribution is -0.176. The molecule has 1 aromatic heterocycles. The molecule has 1 aromatic rings. The van der Waals surface area contributed by atoms with Crippen LogP contribution in [-0.2, 0) is 9.63 Å². The van der Waals surface area contributed by atoms with Crippen molar-refractivity contribution in [3.63, 3.8) is 0 Å². The Bertz CT molecular complexity index is 626. The third kappa shape index (κ3) is 2.51. The van der Waals surface area contributed by atoms with Crippen molar-refractivity contribution in [1.82, 2.24) is 15.4 Å². The van der Waals surface area contributed by atoms with Gasteiger partial charge < -0.3 is 10.6 Å². The highest BCUT2D eigenvalue weighted by atomic mass is 19.3. The van der Waals surface area contributed by atoms with E-state index in [1.54, 1.807) is 12.1 Å². The molecule has 3 N–H and O–H groups in total. The molecular formula is C12H13F2N5O2. The number of carbonyl (C=O) groups excluding carboxylic acids is 1. The van der Waals surface area contributed by atoms with Crippen LogP contribution in [0.4, 0.5) is 14.6 Å². The molecule has 2 aliphatic rings. The average molecular weight is 297 g/mol. The van der Waals surface area contributed by atoms with E-state index in [-0.39, 0.29) is 5.84 Å². The maximum absolute atomic E-state index is 12.7. The van der Waals surface area contributed by atoms with Gasteiger partial charge in [-0.25, -0.2) is 29.1 Å².